The standard InChI is InChI=1S/C19H27N3O3/c23-18(14-25-17-8-2-1-3-9-17)22-12-10-16(11-13-22)21-19(24)20-15-6-4-5-7-15/h1-3,8-9,15-16H,4-7,10-14H2,(H2,20,21,24). The highest BCUT2D eigenvalue weighted by molar-refractivity contribution is 5.78. The summed E-state index contributed by atoms with van der Waals surface area (Å²) in [5.74, 6) is 0.702. The van der Waals surface area contributed by atoms with Crippen molar-refractivity contribution in [1.82, 2.24) is 15.5 Å². The van der Waals surface area contributed by atoms with E-state index >= 15 is 0 Å². The van der Waals surface area contributed by atoms with Gasteiger partial charge in [-0.25, -0.2) is 4.79 Å². The van der Waals surface area contributed by atoms with Gasteiger partial charge in [-0.2, -0.15) is 0 Å². The first kappa shape index (κ1) is 17.6. The summed E-state index contributed by atoms with van der Waals surface area (Å²) in [6.45, 7) is 1.38. The Kier molecular flexibility index (Phi) is 6.14. The van der Waals surface area contributed by atoms with Crippen molar-refractivity contribution in [1.29, 1.82) is 0 Å². The van der Waals surface area contributed by atoms with Gasteiger partial charge < -0.3 is 20.3 Å². The molecule has 0 bridgehead atoms. The molecule has 2 N–H and O–H groups in total. The first-order chi connectivity index (χ1) is 12.2. The maximum absolute atomic E-state index is 12.2. The van der Waals surface area contributed by atoms with Crippen LogP contribution in [0.15, 0.2) is 30.3 Å². The molecule has 3 rings (SSSR count). The summed E-state index contributed by atoms with van der Waals surface area (Å²) in [6, 6.07) is 9.76. The molecule has 0 atom stereocenters. The Balaban J connectivity index is 1.34. The first-order valence-corrected chi connectivity index (χ1v) is 9.23. The van der Waals surface area contributed by atoms with Crippen molar-refractivity contribution in [2.45, 2.75) is 50.6 Å². The average molecular weight is 345 g/mol. The van der Waals surface area contributed by atoms with Crippen molar-refractivity contribution in [2.24, 2.45) is 0 Å². The Labute approximate surface area is 148 Å². The second-order valence-corrected chi connectivity index (χ2v) is 6.86. The van der Waals surface area contributed by atoms with E-state index in [9.17, 15) is 9.59 Å². The number of amides is 3. The Morgan fingerprint density at radius 3 is 2.20 bits per heavy atom. The van der Waals surface area contributed by atoms with Crippen molar-refractivity contribution < 1.29 is 14.3 Å². The van der Waals surface area contributed by atoms with E-state index in [1.165, 1.54) is 12.8 Å². The van der Waals surface area contributed by atoms with E-state index in [1.807, 2.05) is 35.2 Å². The Bertz CT molecular complexity index is 565. The third-order valence-electron chi connectivity index (χ3n) is 4.98. The Hall–Kier alpha value is -2.24. The number of carbonyl (C=O) groups is 2. The zero-order valence-corrected chi connectivity index (χ0v) is 14.6. The van der Waals surface area contributed by atoms with Crippen LogP contribution in [0, 0.1) is 0 Å². The van der Waals surface area contributed by atoms with Gasteiger partial charge in [-0.3, -0.25) is 4.79 Å². The molecule has 0 spiro atoms. The van der Waals surface area contributed by atoms with Crippen molar-refractivity contribution in [3.8, 4) is 5.75 Å². The van der Waals surface area contributed by atoms with Gasteiger partial charge in [0.05, 0.1) is 0 Å². The van der Waals surface area contributed by atoms with Gasteiger partial charge in [0.15, 0.2) is 6.61 Å². The normalized spacial score (nSPS) is 18.8. The van der Waals surface area contributed by atoms with Gasteiger partial charge in [0.2, 0.25) is 0 Å². The number of nitrogens with zero attached hydrogens (tertiary/aromatic N) is 1. The number of benzene rings is 1. The van der Waals surface area contributed by atoms with E-state index in [0.29, 0.717) is 24.9 Å². The lowest BCUT2D eigenvalue weighted by Crippen LogP contribution is -2.51. The predicted octanol–water partition coefficient (Wildman–Crippen LogP) is 2.30. The van der Waals surface area contributed by atoms with Crippen LogP contribution < -0.4 is 15.4 Å². The van der Waals surface area contributed by atoms with Gasteiger partial charge in [-0.1, -0.05) is 31.0 Å². The van der Waals surface area contributed by atoms with E-state index in [-0.39, 0.29) is 24.6 Å². The molecule has 25 heavy (non-hydrogen) atoms. The fourth-order valence-corrected chi connectivity index (χ4v) is 3.51. The van der Waals surface area contributed by atoms with Crippen molar-refractivity contribution in [3.05, 3.63) is 30.3 Å². The van der Waals surface area contributed by atoms with Crippen LogP contribution in [0.1, 0.15) is 38.5 Å². The maximum atomic E-state index is 12.2. The fourth-order valence-electron chi connectivity index (χ4n) is 3.51. The van der Waals surface area contributed by atoms with Gasteiger partial charge in [-0.05, 0) is 37.8 Å². The third-order valence-corrected chi connectivity index (χ3v) is 4.98. The fraction of sp³-hybridized carbons (Fsp3) is 0.579. The smallest absolute Gasteiger partial charge is 0.315 e. The number of ether oxygens (including phenoxy) is 1. The van der Waals surface area contributed by atoms with Crippen LogP contribution in [-0.2, 0) is 4.79 Å². The van der Waals surface area contributed by atoms with Gasteiger partial charge in [0.25, 0.3) is 5.91 Å². The van der Waals surface area contributed by atoms with Crippen molar-refractivity contribution in [3.63, 3.8) is 0 Å². The molecule has 0 unspecified atom stereocenters. The van der Waals surface area contributed by atoms with Crippen LogP contribution in [0.25, 0.3) is 0 Å². The molecule has 1 aliphatic heterocycles. The lowest BCUT2D eigenvalue weighted by Gasteiger charge is -2.32. The summed E-state index contributed by atoms with van der Waals surface area (Å²) in [5, 5.41) is 6.09. The van der Waals surface area contributed by atoms with Gasteiger partial charge >= 0.3 is 6.03 Å². The molecule has 136 valence electrons. The highest BCUT2D eigenvalue weighted by Crippen LogP contribution is 2.18. The summed E-state index contributed by atoms with van der Waals surface area (Å²) in [4.78, 5) is 26.1. The van der Waals surface area contributed by atoms with E-state index in [1.54, 1.807) is 0 Å². The second-order valence-electron chi connectivity index (χ2n) is 6.86. The number of piperidine rings is 1. The molecule has 6 nitrogen and oxygen atoms in total. The summed E-state index contributed by atoms with van der Waals surface area (Å²) < 4.78 is 5.52. The number of likely N-dealkylation sites (tertiary alicyclic amines) is 1. The number of hydrogen-bond acceptors (Lipinski definition) is 3. The Morgan fingerprint density at radius 1 is 0.960 bits per heavy atom. The van der Waals surface area contributed by atoms with Gasteiger partial charge in [0.1, 0.15) is 5.75 Å². The molecule has 0 aromatic heterocycles. The Morgan fingerprint density at radius 2 is 1.56 bits per heavy atom. The number of hydrogen-bond donors (Lipinski definition) is 2. The van der Waals surface area contributed by atoms with Crippen molar-refractivity contribution >= 4 is 11.9 Å². The summed E-state index contributed by atoms with van der Waals surface area (Å²) in [7, 11) is 0. The lowest BCUT2D eigenvalue weighted by atomic mass is 10.1. The first-order valence-electron chi connectivity index (χ1n) is 9.23. The zero-order chi connectivity index (χ0) is 17.5. The number of carbonyl (C=O) groups excluding carboxylic acids is 2. The van der Waals surface area contributed by atoms with Crippen LogP contribution >= 0.6 is 0 Å². The maximum Gasteiger partial charge on any atom is 0.315 e. The molecule has 1 aromatic carbocycles. The van der Waals surface area contributed by atoms with Crippen LogP contribution in [0.5, 0.6) is 5.75 Å². The summed E-state index contributed by atoms with van der Waals surface area (Å²) >= 11 is 0. The highest BCUT2D eigenvalue weighted by atomic mass is 16.5. The SMILES string of the molecule is O=C(NC1CCCC1)NC1CCN(C(=O)COc2ccccc2)CC1. The second kappa shape index (κ2) is 8.74. The topological polar surface area (TPSA) is 70.7 Å². The van der Waals surface area contributed by atoms with Crippen LogP contribution in [-0.4, -0.2) is 48.6 Å². The highest BCUT2D eigenvalue weighted by Gasteiger charge is 2.25. The monoisotopic (exact) mass is 345 g/mol. The van der Waals surface area contributed by atoms with E-state index in [0.717, 1.165) is 25.7 Å². The largest absolute Gasteiger partial charge is 0.484 e. The molecule has 1 aromatic rings. The molecule has 0 radical (unpaired) electrons. The molecule has 1 heterocycles. The number of para-hydroxylation sites is 1. The van der Waals surface area contributed by atoms with Gasteiger partial charge in [-0.15, -0.1) is 0 Å². The van der Waals surface area contributed by atoms with Crippen LogP contribution in [0.2, 0.25) is 0 Å². The molecule has 1 saturated heterocycles. The number of urea groups is 1. The molecule has 2 aliphatic rings. The lowest BCUT2D eigenvalue weighted by molar-refractivity contribution is -0.134. The zero-order valence-electron chi connectivity index (χ0n) is 14.6. The summed E-state index contributed by atoms with van der Waals surface area (Å²) in [6.07, 6.45) is 6.15. The van der Waals surface area contributed by atoms with E-state index in [2.05, 4.69) is 10.6 Å². The number of rotatable bonds is 5. The minimum atomic E-state index is -0.0657. The molecular formula is C19H27N3O3. The van der Waals surface area contributed by atoms with Crippen LogP contribution in [0.3, 0.4) is 0 Å². The summed E-state index contributed by atoms with van der Waals surface area (Å²) in [5.41, 5.74) is 0. The van der Waals surface area contributed by atoms with Crippen molar-refractivity contribution in [2.75, 3.05) is 19.7 Å². The minimum Gasteiger partial charge on any atom is -0.484 e. The van der Waals surface area contributed by atoms with E-state index < -0.39 is 0 Å². The molecule has 1 aliphatic carbocycles. The molecular weight excluding hydrogens is 318 g/mol. The van der Waals surface area contributed by atoms with Crippen LogP contribution in [0.4, 0.5) is 4.79 Å². The molecule has 1 saturated carbocycles. The van der Waals surface area contributed by atoms with E-state index in [4.69, 9.17) is 4.74 Å². The third kappa shape index (κ3) is 5.37. The minimum absolute atomic E-state index is 0.00212. The quantitative estimate of drug-likeness (QED) is 0.860. The predicted molar refractivity (Wildman–Crippen MR) is 95.5 cm³/mol. The molecule has 3 amide bonds. The molecule has 2 fully saturated rings. The van der Waals surface area contributed by atoms with Gasteiger partial charge in [0, 0.05) is 25.2 Å². The number of nitrogens with one attached hydrogen (secondary N) is 2. The average Bonchev–Trinajstić information content (AvgIpc) is 3.14. The molecule has 6 heteroatoms.